The molecule has 1 atom stereocenters. The minimum Gasteiger partial charge on any atom is -0.238 e. The van der Waals surface area contributed by atoms with E-state index in [1.165, 1.54) is 0 Å². The molecule has 0 amide bonds. The molecule has 0 saturated carbocycles. The molecule has 1 aliphatic rings. The first-order valence-corrected chi connectivity index (χ1v) is 7.03. The van der Waals surface area contributed by atoms with Crippen LogP contribution in [-0.4, -0.2) is 14.7 Å². The lowest BCUT2D eigenvalue weighted by atomic mass is 10.1. The molecule has 0 heterocycles. The van der Waals surface area contributed by atoms with Crippen LogP contribution in [0.1, 0.15) is 38.3 Å². The molecule has 0 aromatic heterocycles. The van der Waals surface area contributed by atoms with E-state index in [1.807, 2.05) is 39.0 Å². The molecule has 1 aromatic carbocycles. The van der Waals surface area contributed by atoms with E-state index in [1.54, 1.807) is 0 Å². The maximum Gasteiger partial charge on any atom is 0.191 e. The molecule has 0 spiro atoms. The van der Waals surface area contributed by atoms with E-state index < -0.39 is 11.0 Å². The summed E-state index contributed by atoms with van der Waals surface area (Å²) >= 11 is 0. The van der Waals surface area contributed by atoms with E-state index in [0.29, 0.717) is 5.69 Å². The zero-order valence-electron chi connectivity index (χ0n) is 10.9. The van der Waals surface area contributed by atoms with E-state index in [9.17, 15) is 4.21 Å². The Morgan fingerprint density at radius 3 is 2.67 bits per heavy atom. The maximum absolute atomic E-state index is 12.0. The first-order valence-electron chi connectivity index (χ1n) is 5.93. The van der Waals surface area contributed by atoms with Gasteiger partial charge in [0.15, 0.2) is 5.69 Å². The third-order valence-electron chi connectivity index (χ3n) is 2.91. The first kappa shape index (κ1) is 13.0. The molecular formula is C14H16N2OS. The van der Waals surface area contributed by atoms with Crippen LogP contribution in [0, 0.1) is 6.57 Å². The molecule has 0 aliphatic heterocycles. The van der Waals surface area contributed by atoms with Gasteiger partial charge in [-0.1, -0.05) is 18.2 Å². The lowest BCUT2D eigenvalue weighted by molar-refractivity contribution is 0.650. The number of hydrogen-bond acceptors (Lipinski definition) is 1. The maximum atomic E-state index is 12.0. The minimum absolute atomic E-state index is 0.340. The van der Waals surface area contributed by atoms with Crippen LogP contribution in [0.25, 0.3) is 4.85 Å². The second kappa shape index (κ2) is 4.66. The summed E-state index contributed by atoms with van der Waals surface area (Å²) in [6.45, 7) is 12.9. The van der Waals surface area contributed by atoms with Crippen molar-refractivity contribution in [1.29, 1.82) is 0 Å². The SMILES string of the molecule is [C-]#[N+]c1cccc2c1CCC2=N[S@@](=O)C(C)(C)C. The van der Waals surface area contributed by atoms with Crippen molar-refractivity contribution in [2.75, 3.05) is 0 Å². The van der Waals surface area contributed by atoms with Gasteiger partial charge in [-0.05, 0) is 44.7 Å². The molecule has 1 aliphatic carbocycles. The summed E-state index contributed by atoms with van der Waals surface area (Å²) in [5.74, 6) is 0. The summed E-state index contributed by atoms with van der Waals surface area (Å²) in [6, 6.07) is 5.66. The predicted octanol–water partition coefficient (Wildman–Crippen LogP) is 3.43. The van der Waals surface area contributed by atoms with Crippen LogP contribution >= 0.6 is 0 Å². The molecule has 1 aromatic rings. The molecule has 0 bridgehead atoms. The number of rotatable bonds is 1. The Kier molecular flexibility index (Phi) is 3.36. The second-order valence-electron chi connectivity index (χ2n) is 5.31. The van der Waals surface area contributed by atoms with Crippen molar-refractivity contribution in [2.45, 2.75) is 38.4 Å². The zero-order valence-corrected chi connectivity index (χ0v) is 11.7. The van der Waals surface area contributed by atoms with Gasteiger partial charge in [0.25, 0.3) is 0 Å². The highest BCUT2D eigenvalue weighted by atomic mass is 32.2. The Bertz CT molecular complexity index is 576. The average molecular weight is 260 g/mol. The fraction of sp³-hybridized carbons (Fsp3) is 0.429. The van der Waals surface area contributed by atoms with E-state index in [4.69, 9.17) is 6.57 Å². The standard InChI is InChI=1S/C14H16N2OS/c1-14(2,3)18(17)16-13-9-8-11-10(13)6-5-7-12(11)15-4/h5-7H,8-9H2,1-3H3/t18-/m0/s1. The molecule has 0 fully saturated rings. The van der Waals surface area contributed by atoms with Gasteiger partial charge in [0, 0.05) is 0 Å². The number of nitrogens with zero attached hydrogens (tertiary/aromatic N) is 2. The second-order valence-corrected chi connectivity index (χ2v) is 7.22. The van der Waals surface area contributed by atoms with E-state index >= 15 is 0 Å². The van der Waals surface area contributed by atoms with Crippen LogP contribution < -0.4 is 0 Å². The van der Waals surface area contributed by atoms with Crippen LogP contribution in [0.4, 0.5) is 5.69 Å². The molecule has 94 valence electrons. The number of benzene rings is 1. The normalized spacial score (nSPS) is 18.4. The van der Waals surface area contributed by atoms with Crippen LogP contribution in [-0.2, 0) is 17.4 Å². The Balaban J connectivity index is 2.42. The van der Waals surface area contributed by atoms with Crippen LogP contribution in [0.3, 0.4) is 0 Å². The first-order chi connectivity index (χ1) is 8.43. The van der Waals surface area contributed by atoms with Gasteiger partial charge in [0.2, 0.25) is 0 Å². The van der Waals surface area contributed by atoms with E-state index in [2.05, 4.69) is 9.24 Å². The fourth-order valence-electron chi connectivity index (χ4n) is 1.92. The molecule has 0 N–H and O–H groups in total. The molecular weight excluding hydrogens is 244 g/mol. The van der Waals surface area contributed by atoms with Crippen molar-refractivity contribution in [3.05, 3.63) is 40.7 Å². The Morgan fingerprint density at radius 2 is 2.06 bits per heavy atom. The molecule has 3 nitrogen and oxygen atoms in total. The van der Waals surface area contributed by atoms with Crippen molar-refractivity contribution in [2.24, 2.45) is 4.40 Å². The largest absolute Gasteiger partial charge is 0.238 e. The van der Waals surface area contributed by atoms with Crippen molar-refractivity contribution in [3.8, 4) is 0 Å². The Morgan fingerprint density at radius 1 is 1.33 bits per heavy atom. The molecule has 0 unspecified atom stereocenters. The highest BCUT2D eigenvalue weighted by Crippen LogP contribution is 2.31. The zero-order chi connectivity index (χ0) is 13.3. The minimum atomic E-state index is -1.23. The lowest BCUT2D eigenvalue weighted by Crippen LogP contribution is -2.20. The predicted molar refractivity (Wildman–Crippen MR) is 75.5 cm³/mol. The highest BCUT2D eigenvalue weighted by Gasteiger charge is 2.24. The van der Waals surface area contributed by atoms with Crippen LogP contribution in [0.15, 0.2) is 22.6 Å². The van der Waals surface area contributed by atoms with Gasteiger partial charge >= 0.3 is 0 Å². The van der Waals surface area contributed by atoms with Crippen molar-refractivity contribution in [1.82, 2.24) is 0 Å². The van der Waals surface area contributed by atoms with Gasteiger partial charge in [-0.2, -0.15) is 4.40 Å². The summed E-state index contributed by atoms with van der Waals surface area (Å²) in [5.41, 5.74) is 3.63. The van der Waals surface area contributed by atoms with Crippen molar-refractivity contribution >= 4 is 22.4 Å². The third-order valence-corrected chi connectivity index (χ3v) is 4.35. The van der Waals surface area contributed by atoms with Gasteiger partial charge in [-0.25, -0.2) is 9.05 Å². The summed E-state index contributed by atoms with van der Waals surface area (Å²) in [5, 5.41) is 0. The summed E-state index contributed by atoms with van der Waals surface area (Å²) in [7, 11) is -1.23. The fourth-order valence-corrected chi connectivity index (χ4v) is 2.59. The number of hydrogen-bond donors (Lipinski definition) is 0. The summed E-state index contributed by atoms with van der Waals surface area (Å²) < 4.78 is 16.1. The third kappa shape index (κ3) is 2.37. The highest BCUT2D eigenvalue weighted by molar-refractivity contribution is 7.85. The van der Waals surface area contributed by atoms with Crippen LogP contribution in [0.5, 0.6) is 0 Å². The molecule has 18 heavy (non-hydrogen) atoms. The average Bonchev–Trinajstić information content (AvgIpc) is 2.71. The van der Waals surface area contributed by atoms with Gasteiger partial charge in [0.1, 0.15) is 11.0 Å². The van der Waals surface area contributed by atoms with Gasteiger partial charge < -0.3 is 0 Å². The topological polar surface area (TPSA) is 33.8 Å². The summed E-state index contributed by atoms with van der Waals surface area (Å²) in [6.07, 6.45) is 1.61. The Hall–Kier alpha value is -1.47. The Labute approximate surface area is 110 Å². The number of fused-ring (bicyclic) bond motifs is 1. The molecule has 2 rings (SSSR count). The van der Waals surface area contributed by atoms with E-state index in [0.717, 1.165) is 29.7 Å². The quantitative estimate of drug-likeness (QED) is 0.712. The van der Waals surface area contributed by atoms with Gasteiger partial charge in [-0.15, -0.1) is 0 Å². The molecule has 0 radical (unpaired) electrons. The van der Waals surface area contributed by atoms with Gasteiger partial charge in [0.05, 0.1) is 17.0 Å². The van der Waals surface area contributed by atoms with Crippen LogP contribution in [0.2, 0.25) is 0 Å². The molecule has 0 saturated heterocycles. The lowest BCUT2D eigenvalue weighted by Gasteiger charge is -2.14. The van der Waals surface area contributed by atoms with Crippen molar-refractivity contribution < 1.29 is 4.21 Å². The summed E-state index contributed by atoms with van der Waals surface area (Å²) in [4.78, 5) is 3.52. The molecule has 4 heteroatoms. The van der Waals surface area contributed by atoms with Gasteiger partial charge in [-0.3, -0.25) is 0 Å². The van der Waals surface area contributed by atoms with E-state index in [-0.39, 0.29) is 4.75 Å². The monoisotopic (exact) mass is 260 g/mol. The van der Waals surface area contributed by atoms with Crippen molar-refractivity contribution in [3.63, 3.8) is 0 Å². The smallest absolute Gasteiger partial charge is 0.191 e.